The maximum absolute atomic E-state index is 8.91. The van der Waals surface area contributed by atoms with Gasteiger partial charge in [0.25, 0.3) is 0 Å². The third kappa shape index (κ3) is 4.22. The van der Waals surface area contributed by atoms with Crippen LogP contribution in [-0.4, -0.2) is 6.04 Å². The van der Waals surface area contributed by atoms with Gasteiger partial charge in [0.15, 0.2) is 0 Å². The Morgan fingerprint density at radius 3 is 2.76 bits per heavy atom. The van der Waals surface area contributed by atoms with Gasteiger partial charge in [-0.1, -0.05) is 35.9 Å². The lowest BCUT2D eigenvalue weighted by Gasteiger charge is -2.14. The lowest BCUT2D eigenvalue weighted by molar-refractivity contribution is 0.302. The van der Waals surface area contributed by atoms with Crippen molar-refractivity contribution in [3.05, 3.63) is 64.2 Å². The summed E-state index contributed by atoms with van der Waals surface area (Å²) < 4.78 is 5.86. The van der Waals surface area contributed by atoms with Crippen LogP contribution in [0.15, 0.2) is 42.5 Å². The molecule has 0 heterocycles. The summed E-state index contributed by atoms with van der Waals surface area (Å²) in [6, 6.07) is 15.1. The Morgan fingerprint density at radius 2 is 2.05 bits per heavy atom. The van der Waals surface area contributed by atoms with Crippen LogP contribution in [0.4, 0.5) is 0 Å². The molecule has 4 heteroatoms. The predicted molar refractivity (Wildman–Crippen MR) is 84.3 cm³/mol. The molecular formula is C17H17ClN2O. The molecule has 0 aromatic heterocycles. The molecule has 2 rings (SSSR count). The molecule has 0 spiro atoms. The first kappa shape index (κ1) is 15.4. The summed E-state index contributed by atoms with van der Waals surface area (Å²) in [5.41, 5.74) is 8.40. The summed E-state index contributed by atoms with van der Waals surface area (Å²) in [7, 11) is 0. The number of halogens is 1. The summed E-state index contributed by atoms with van der Waals surface area (Å²) in [4.78, 5) is 0. The van der Waals surface area contributed by atoms with Crippen LogP contribution in [-0.2, 0) is 13.0 Å². The van der Waals surface area contributed by atoms with Gasteiger partial charge in [0.2, 0.25) is 0 Å². The number of ether oxygens (including phenoxy) is 1. The highest BCUT2D eigenvalue weighted by molar-refractivity contribution is 6.32. The third-order valence-electron chi connectivity index (χ3n) is 3.03. The molecule has 0 fully saturated rings. The molecule has 0 bridgehead atoms. The van der Waals surface area contributed by atoms with Gasteiger partial charge >= 0.3 is 0 Å². The van der Waals surface area contributed by atoms with Gasteiger partial charge < -0.3 is 10.5 Å². The molecule has 0 aliphatic rings. The van der Waals surface area contributed by atoms with Gasteiger partial charge in [0.05, 0.1) is 16.7 Å². The summed E-state index contributed by atoms with van der Waals surface area (Å²) in [5, 5.41) is 9.48. The fourth-order valence-corrected chi connectivity index (χ4v) is 2.36. The second-order valence-corrected chi connectivity index (χ2v) is 5.42. The lowest BCUT2D eigenvalue weighted by atomic mass is 10.1. The minimum Gasteiger partial charge on any atom is -0.487 e. The van der Waals surface area contributed by atoms with Gasteiger partial charge in [-0.15, -0.1) is 0 Å². The standard InChI is InChI=1S/C17H17ClN2O/c1-12(20)8-15-6-3-7-16(18)17(15)21-11-14-5-2-4-13(9-14)10-19/h2-7,9,12H,8,11,20H2,1H3. The fraction of sp³-hybridized carbons (Fsp3) is 0.235. The molecule has 0 amide bonds. The van der Waals surface area contributed by atoms with E-state index in [9.17, 15) is 0 Å². The van der Waals surface area contributed by atoms with Crippen LogP contribution in [0.25, 0.3) is 0 Å². The summed E-state index contributed by atoms with van der Waals surface area (Å²) in [6.07, 6.45) is 0.703. The minimum absolute atomic E-state index is 0.0349. The minimum atomic E-state index is 0.0349. The Balaban J connectivity index is 2.17. The molecule has 0 radical (unpaired) electrons. The van der Waals surface area contributed by atoms with E-state index in [4.69, 9.17) is 27.3 Å². The van der Waals surface area contributed by atoms with Crippen molar-refractivity contribution in [2.75, 3.05) is 0 Å². The Bertz CT molecular complexity index is 662. The van der Waals surface area contributed by atoms with Crippen molar-refractivity contribution in [2.24, 2.45) is 5.73 Å². The smallest absolute Gasteiger partial charge is 0.141 e. The maximum Gasteiger partial charge on any atom is 0.141 e. The van der Waals surface area contributed by atoms with Crippen molar-refractivity contribution >= 4 is 11.6 Å². The SMILES string of the molecule is CC(N)Cc1cccc(Cl)c1OCc1cccc(C#N)c1. The normalized spacial score (nSPS) is 11.7. The van der Waals surface area contributed by atoms with E-state index in [0.29, 0.717) is 29.4 Å². The number of benzene rings is 2. The number of nitrogens with two attached hydrogens (primary N) is 1. The molecule has 0 saturated heterocycles. The summed E-state index contributed by atoms with van der Waals surface area (Å²) in [5.74, 6) is 0.666. The van der Waals surface area contributed by atoms with Crippen molar-refractivity contribution in [3.8, 4) is 11.8 Å². The molecule has 2 N–H and O–H groups in total. The second-order valence-electron chi connectivity index (χ2n) is 5.01. The zero-order valence-electron chi connectivity index (χ0n) is 11.8. The molecule has 3 nitrogen and oxygen atoms in total. The van der Waals surface area contributed by atoms with Crippen LogP contribution in [0.3, 0.4) is 0 Å². The molecule has 1 atom stereocenters. The molecule has 0 aliphatic heterocycles. The van der Waals surface area contributed by atoms with Gasteiger partial charge in [0, 0.05) is 6.04 Å². The van der Waals surface area contributed by atoms with Gasteiger partial charge in [-0.3, -0.25) is 0 Å². The topological polar surface area (TPSA) is 59.0 Å². The van der Waals surface area contributed by atoms with Crippen molar-refractivity contribution < 1.29 is 4.74 Å². The fourth-order valence-electron chi connectivity index (χ4n) is 2.11. The van der Waals surface area contributed by atoms with E-state index in [2.05, 4.69) is 6.07 Å². The van der Waals surface area contributed by atoms with Crippen molar-refractivity contribution in [1.82, 2.24) is 0 Å². The van der Waals surface area contributed by atoms with Gasteiger partial charge in [-0.2, -0.15) is 5.26 Å². The third-order valence-corrected chi connectivity index (χ3v) is 3.33. The van der Waals surface area contributed by atoms with E-state index >= 15 is 0 Å². The molecule has 108 valence electrons. The van der Waals surface area contributed by atoms with Crippen LogP contribution < -0.4 is 10.5 Å². The first-order chi connectivity index (χ1) is 10.1. The maximum atomic E-state index is 8.91. The molecule has 1 unspecified atom stereocenters. The average molecular weight is 301 g/mol. The van der Waals surface area contributed by atoms with Crippen LogP contribution in [0, 0.1) is 11.3 Å². The highest BCUT2D eigenvalue weighted by Crippen LogP contribution is 2.30. The average Bonchev–Trinajstić information content (AvgIpc) is 2.46. The van der Waals surface area contributed by atoms with Crippen molar-refractivity contribution in [3.63, 3.8) is 0 Å². The monoisotopic (exact) mass is 300 g/mol. The first-order valence-electron chi connectivity index (χ1n) is 6.75. The lowest BCUT2D eigenvalue weighted by Crippen LogP contribution is -2.18. The Morgan fingerprint density at radius 1 is 1.29 bits per heavy atom. The highest BCUT2D eigenvalue weighted by Gasteiger charge is 2.10. The van der Waals surface area contributed by atoms with Crippen LogP contribution in [0.2, 0.25) is 5.02 Å². The molecule has 2 aromatic carbocycles. The van der Waals surface area contributed by atoms with E-state index in [1.807, 2.05) is 37.3 Å². The zero-order valence-corrected chi connectivity index (χ0v) is 12.6. The van der Waals surface area contributed by atoms with E-state index in [1.54, 1.807) is 12.1 Å². The molecule has 21 heavy (non-hydrogen) atoms. The number of hydrogen-bond donors (Lipinski definition) is 1. The van der Waals surface area contributed by atoms with E-state index < -0.39 is 0 Å². The Labute approximate surface area is 129 Å². The van der Waals surface area contributed by atoms with Crippen LogP contribution in [0.1, 0.15) is 23.6 Å². The van der Waals surface area contributed by atoms with Crippen LogP contribution in [0.5, 0.6) is 5.75 Å². The number of hydrogen-bond acceptors (Lipinski definition) is 3. The molecule has 2 aromatic rings. The number of rotatable bonds is 5. The van der Waals surface area contributed by atoms with E-state index in [0.717, 1.165) is 11.1 Å². The highest BCUT2D eigenvalue weighted by atomic mass is 35.5. The largest absolute Gasteiger partial charge is 0.487 e. The first-order valence-corrected chi connectivity index (χ1v) is 7.12. The summed E-state index contributed by atoms with van der Waals surface area (Å²) >= 11 is 6.22. The Kier molecular flexibility index (Phi) is 5.21. The number of nitrogens with zero attached hydrogens (tertiary/aromatic N) is 1. The predicted octanol–water partition coefficient (Wildman–Crippen LogP) is 3.68. The van der Waals surface area contributed by atoms with Crippen molar-refractivity contribution in [1.29, 1.82) is 5.26 Å². The second kappa shape index (κ2) is 7.12. The zero-order chi connectivity index (χ0) is 15.2. The van der Waals surface area contributed by atoms with Crippen LogP contribution >= 0.6 is 11.6 Å². The molecular weight excluding hydrogens is 284 g/mol. The van der Waals surface area contributed by atoms with Gasteiger partial charge in [-0.05, 0) is 42.7 Å². The molecule has 0 saturated carbocycles. The van der Waals surface area contributed by atoms with Gasteiger partial charge in [0.1, 0.15) is 12.4 Å². The van der Waals surface area contributed by atoms with Crippen molar-refractivity contribution in [2.45, 2.75) is 26.0 Å². The van der Waals surface area contributed by atoms with E-state index in [1.165, 1.54) is 0 Å². The molecule has 0 aliphatic carbocycles. The Hall–Kier alpha value is -2.02. The number of nitriles is 1. The van der Waals surface area contributed by atoms with Gasteiger partial charge in [-0.25, -0.2) is 0 Å². The quantitative estimate of drug-likeness (QED) is 0.916. The number of para-hydroxylation sites is 1. The van der Waals surface area contributed by atoms with E-state index in [-0.39, 0.29) is 6.04 Å². The summed E-state index contributed by atoms with van der Waals surface area (Å²) in [6.45, 7) is 2.31.